The monoisotopic (exact) mass is 344 g/mol. The number of hydrogen-bond acceptors (Lipinski definition) is 4. The molecule has 1 aromatic rings. The van der Waals surface area contributed by atoms with Crippen LogP contribution in [0, 0.1) is 18.8 Å². The van der Waals surface area contributed by atoms with Gasteiger partial charge in [-0.05, 0) is 58.2 Å². The van der Waals surface area contributed by atoms with Crippen molar-refractivity contribution in [3.05, 3.63) is 23.9 Å². The molecule has 3 atom stereocenters. The predicted octanol–water partition coefficient (Wildman–Crippen LogP) is 1.96. The quantitative estimate of drug-likeness (QED) is 0.879. The molecule has 3 rings (SSSR count). The van der Waals surface area contributed by atoms with Crippen molar-refractivity contribution in [3.63, 3.8) is 0 Å². The Balaban J connectivity index is 1.58. The summed E-state index contributed by atoms with van der Waals surface area (Å²) < 4.78 is 0. The number of amides is 2. The van der Waals surface area contributed by atoms with Gasteiger partial charge < -0.3 is 15.5 Å². The summed E-state index contributed by atoms with van der Waals surface area (Å²) in [5, 5.41) is 6.29. The largest absolute Gasteiger partial charge is 0.342 e. The van der Waals surface area contributed by atoms with Gasteiger partial charge in [-0.25, -0.2) is 4.98 Å². The van der Waals surface area contributed by atoms with E-state index in [0.717, 1.165) is 44.5 Å². The average molecular weight is 344 g/mol. The molecule has 136 valence electrons. The summed E-state index contributed by atoms with van der Waals surface area (Å²) in [6, 6.07) is 5.97. The minimum atomic E-state index is -0.154. The van der Waals surface area contributed by atoms with Crippen LogP contribution in [0.15, 0.2) is 18.2 Å². The summed E-state index contributed by atoms with van der Waals surface area (Å²) in [5.74, 6) is 0.713. The Bertz CT molecular complexity index is 634. The van der Waals surface area contributed by atoms with Gasteiger partial charge in [0.2, 0.25) is 11.8 Å². The molecule has 0 spiro atoms. The molecule has 2 aliphatic rings. The highest BCUT2D eigenvalue weighted by Gasteiger charge is 2.33. The Labute approximate surface area is 149 Å². The number of nitrogens with one attached hydrogen (secondary N) is 2. The highest BCUT2D eigenvalue weighted by atomic mass is 16.2. The van der Waals surface area contributed by atoms with Crippen LogP contribution in [0.25, 0.3) is 0 Å². The molecule has 2 amide bonds. The summed E-state index contributed by atoms with van der Waals surface area (Å²) in [7, 11) is 0. The topological polar surface area (TPSA) is 74.3 Å². The smallest absolute Gasteiger partial charge is 0.230 e. The third-order valence-electron chi connectivity index (χ3n) is 5.22. The Kier molecular flexibility index (Phi) is 5.68. The van der Waals surface area contributed by atoms with Gasteiger partial charge in [0.25, 0.3) is 0 Å². The van der Waals surface area contributed by atoms with Gasteiger partial charge in [0, 0.05) is 30.7 Å². The fraction of sp³-hybridized carbons (Fsp3) is 0.632. The second-order valence-corrected chi connectivity index (χ2v) is 7.35. The van der Waals surface area contributed by atoms with Gasteiger partial charge in [-0.15, -0.1) is 0 Å². The molecule has 0 bridgehead atoms. The maximum atomic E-state index is 12.8. The number of aryl methyl sites for hydroxylation is 1. The molecule has 2 N–H and O–H groups in total. The van der Waals surface area contributed by atoms with Gasteiger partial charge in [0.05, 0.1) is 5.92 Å². The van der Waals surface area contributed by atoms with Crippen LogP contribution in [0.4, 0.5) is 5.82 Å². The number of carbonyl (C=O) groups excluding carboxylic acids is 2. The van der Waals surface area contributed by atoms with E-state index in [1.54, 1.807) is 6.07 Å². The predicted molar refractivity (Wildman–Crippen MR) is 97.1 cm³/mol. The van der Waals surface area contributed by atoms with E-state index in [2.05, 4.69) is 22.5 Å². The number of hydrogen-bond donors (Lipinski definition) is 2. The summed E-state index contributed by atoms with van der Waals surface area (Å²) >= 11 is 0. The van der Waals surface area contributed by atoms with E-state index in [4.69, 9.17) is 0 Å². The van der Waals surface area contributed by atoms with E-state index >= 15 is 0 Å². The molecular formula is C19H28N4O2. The molecule has 0 aromatic carbocycles. The molecule has 6 nitrogen and oxygen atoms in total. The molecule has 0 saturated carbocycles. The molecule has 2 fully saturated rings. The van der Waals surface area contributed by atoms with Crippen molar-refractivity contribution in [2.24, 2.45) is 11.8 Å². The van der Waals surface area contributed by atoms with E-state index in [-0.39, 0.29) is 23.7 Å². The normalized spacial score (nSPS) is 27.0. The number of nitrogens with zero attached hydrogens (tertiary/aromatic N) is 2. The number of rotatable bonds is 3. The SMILES string of the molecule is Cc1cccc(NC(=O)C2CCCN(C(=O)[C@H]3CCN[C@@H](C)C3)C2)n1. The molecule has 3 heterocycles. The lowest BCUT2D eigenvalue weighted by molar-refractivity contribution is -0.139. The number of aromatic nitrogens is 1. The maximum Gasteiger partial charge on any atom is 0.230 e. The molecule has 2 aliphatic heterocycles. The van der Waals surface area contributed by atoms with E-state index in [9.17, 15) is 9.59 Å². The van der Waals surface area contributed by atoms with Gasteiger partial charge in [0.1, 0.15) is 5.82 Å². The van der Waals surface area contributed by atoms with Crippen molar-refractivity contribution >= 4 is 17.6 Å². The lowest BCUT2D eigenvalue weighted by Gasteiger charge is -2.36. The lowest BCUT2D eigenvalue weighted by atomic mass is 9.90. The molecule has 2 saturated heterocycles. The molecule has 0 aliphatic carbocycles. The zero-order valence-electron chi connectivity index (χ0n) is 15.1. The first-order valence-corrected chi connectivity index (χ1v) is 9.29. The molecule has 1 aromatic heterocycles. The third-order valence-corrected chi connectivity index (χ3v) is 5.22. The number of pyridine rings is 1. The van der Waals surface area contributed by atoms with Gasteiger partial charge in [-0.1, -0.05) is 6.07 Å². The van der Waals surface area contributed by atoms with Crippen molar-refractivity contribution < 1.29 is 9.59 Å². The zero-order valence-corrected chi connectivity index (χ0v) is 15.1. The lowest BCUT2D eigenvalue weighted by Crippen LogP contribution is -2.49. The van der Waals surface area contributed by atoms with Crippen LogP contribution in [-0.4, -0.2) is 47.4 Å². The summed E-state index contributed by atoms with van der Waals surface area (Å²) in [6.07, 6.45) is 3.48. The Morgan fingerprint density at radius 2 is 2.12 bits per heavy atom. The van der Waals surface area contributed by atoms with Crippen molar-refractivity contribution in [3.8, 4) is 0 Å². The first-order valence-electron chi connectivity index (χ1n) is 9.29. The van der Waals surface area contributed by atoms with Gasteiger partial charge >= 0.3 is 0 Å². The van der Waals surface area contributed by atoms with Crippen LogP contribution >= 0.6 is 0 Å². The summed E-state index contributed by atoms with van der Waals surface area (Å²) in [6.45, 7) is 6.21. The van der Waals surface area contributed by atoms with E-state index in [1.807, 2.05) is 24.0 Å². The van der Waals surface area contributed by atoms with Gasteiger partial charge in [0.15, 0.2) is 0 Å². The van der Waals surface area contributed by atoms with Crippen LogP contribution in [0.2, 0.25) is 0 Å². The minimum absolute atomic E-state index is 0.0331. The van der Waals surface area contributed by atoms with Gasteiger partial charge in [-0.2, -0.15) is 0 Å². The third kappa shape index (κ3) is 4.57. The van der Waals surface area contributed by atoms with Crippen molar-refractivity contribution in [1.82, 2.24) is 15.2 Å². The Morgan fingerprint density at radius 1 is 1.28 bits per heavy atom. The fourth-order valence-electron chi connectivity index (χ4n) is 3.85. The molecule has 1 unspecified atom stereocenters. The second-order valence-electron chi connectivity index (χ2n) is 7.35. The summed E-state index contributed by atoms with van der Waals surface area (Å²) in [5.41, 5.74) is 0.873. The van der Waals surface area contributed by atoms with Gasteiger partial charge in [-0.3, -0.25) is 9.59 Å². The molecule has 0 radical (unpaired) electrons. The van der Waals surface area contributed by atoms with E-state index in [1.165, 1.54) is 0 Å². The minimum Gasteiger partial charge on any atom is -0.342 e. The first kappa shape index (κ1) is 17.9. The van der Waals surface area contributed by atoms with Crippen molar-refractivity contribution in [2.75, 3.05) is 25.0 Å². The highest BCUT2D eigenvalue weighted by Crippen LogP contribution is 2.24. The second kappa shape index (κ2) is 7.95. The van der Waals surface area contributed by atoms with Crippen LogP contribution < -0.4 is 10.6 Å². The Hall–Kier alpha value is -1.95. The zero-order chi connectivity index (χ0) is 17.8. The standard InChI is InChI=1S/C19H28N4O2/c1-13-5-3-7-17(21-13)22-18(24)16-6-4-10-23(12-16)19(25)15-8-9-20-14(2)11-15/h3,5,7,14-16,20H,4,6,8-12H2,1-2H3,(H,21,22,24)/t14-,15-,16?/m0/s1. The van der Waals surface area contributed by atoms with Crippen LogP contribution in [0.5, 0.6) is 0 Å². The van der Waals surface area contributed by atoms with Crippen LogP contribution in [0.1, 0.15) is 38.3 Å². The summed E-state index contributed by atoms with van der Waals surface area (Å²) in [4.78, 5) is 31.6. The van der Waals surface area contributed by atoms with Crippen LogP contribution in [0.3, 0.4) is 0 Å². The fourth-order valence-corrected chi connectivity index (χ4v) is 3.85. The first-order chi connectivity index (χ1) is 12.0. The van der Waals surface area contributed by atoms with Crippen molar-refractivity contribution in [2.45, 2.75) is 45.6 Å². The molecule has 25 heavy (non-hydrogen) atoms. The average Bonchev–Trinajstić information content (AvgIpc) is 2.61. The number of carbonyl (C=O) groups is 2. The van der Waals surface area contributed by atoms with Crippen LogP contribution in [-0.2, 0) is 9.59 Å². The highest BCUT2D eigenvalue weighted by molar-refractivity contribution is 5.92. The molecular weight excluding hydrogens is 316 g/mol. The number of anilines is 1. The van der Waals surface area contributed by atoms with E-state index in [0.29, 0.717) is 18.4 Å². The number of likely N-dealkylation sites (tertiary alicyclic amines) is 1. The number of piperidine rings is 2. The maximum absolute atomic E-state index is 12.8. The molecule has 6 heteroatoms. The van der Waals surface area contributed by atoms with Crippen molar-refractivity contribution in [1.29, 1.82) is 0 Å². The Morgan fingerprint density at radius 3 is 2.88 bits per heavy atom. The van der Waals surface area contributed by atoms with E-state index < -0.39 is 0 Å².